The lowest BCUT2D eigenvalue weighted by Gasteiger charge is -2.05. The molecule has 0 fully saturated rings. The number of hydrogen-bond donors (Lipinski definition) is 1. The quantitative estimate of drug-likeness (QED) is 0.573. The van der Waals surface area contributed by atoms with Gasteiger partial charge in [-0.1, -0.05) is 43.1 Å². The lowest BCUT2D eigenvalue weighted by Crippen LogP contribution is -1.95. The molecule has 0 saturated carbocycles. The molecule has 0 aliphatic heterocycles. The van der Waals surface area contributed by atoms with Gasteiger partial charge in [-0.2, -0.15) is 10.4 Å². The number of hydrogen-bond acceptors (Lipinski definition) is 5. The molecule has 1 aromatic heterocycles. The Balaban J connectivity index is 2.15. The zero-order chi connectivity index (χ0) is 16.8. The van der Waals surface area contributed by atoms with E-state index in [1.54, 1.807) is 24.4 Å². The Morgan fingerprint density at radius 3 is 2.70 bits per heavy atom. The molecule has 0 aliphatic carbocycles. The van der Waals surface area contributed by atoms with Crippen LogP contribution in [0.1, 0.15) is 49.8 Å². The van der Waals surface area contributed by atoms with E-state index in [1.807, 2.05) is 6.07 Å². The Morgan fingerprint density at radius 2 is 2.09 bits per heavy atom. The van der Waals surface area contributed by atoms with E-state index in [9.17, 15) is 0 Å². The number of benzene rings is 1. The Labute approximate surface area is 144 Å². The van der Waals surface area contributed by atoms with Gasteiger partial charge in [0.2, 0.25) is 11.6 Å². The number of nitriles is 1. The van der Waals surface area contributed by atoms with Crippen molar-refractivity contribution in [2.45, 2.75) is 32.6 Å². The lowest BCUT2D eigenvalue weighted by molar-refractivity contribution is 0.439. The molecule has 5 nitrogen and oxygen atoms in total. The minimum Gasteiger partial charge on any atom is -0.422 e. The van der Waals surface area contributed by atoms with Gasteiger partial charge in [-0.05, 0) is 30.5 Å². The molecular weight excluding hydrogens is 335 g/mol. The van der Waals surface area contributed by atoms with Crippen LogP contribution in [0.3, 0.4) is 0 Å². The summed E-state index contributed by atoms with van der Waals surface area (Å²) in [5, 5.41) is 14.1. The topological polar surface area (TPSA) is 74.2 Å². The minimum absolute atomic E-state index is 0.191. The summed E-state index contributed by atoms with van der Waals surface area (Å²) in [6.07, 6.45) is 3.35. The zero-order valence-electron chi connectivity index (χ0n) is 12.8. The van der Waals surface area contributed by atoms with Gasteiger partial charge in [-0.3, -0.25) is 0 Å². The molecule has 23 heavy (non-hydrogen) atoms. The van der Waals surface area contributed by atoms with E-state index in [2.05, 4.69) is 29.4 Å². The van der Waals surface area contributed by atoms with Crippen molar-refractivity contribution in [1.29, 1.82) is 5.26 Å². The third-order valence-corrected chi connectivity index (χ3v) is 4.15. The molecule has 0 atom stereocenters. The van der Waals surface area contributed by atoms with Crippen LogP contribution < -0.4 is 5.43 Å². The zero-order valence-corrected chi connectivity index (χ0v) is 14.3. The summed E-state index contributed by atoms with van der Waals surface area (Å²) in [6.45, 7) is 4.11. The van der Waals surface area contributed by atoms with Crippen LogP contribution in [-0.2, 0) is 0 Å². The maximum absolute atomic E-state index is 9.15. The number of aromatic nitrogens is 1. The maximum Gasteiger partial charge on any atom is 0.252 e. The van der Waals surface area contributed by atoms with Crippen molar-refractivity contribution in [2.75, 3.05) is 5.43 Å². The van der Waals surface area contributed by atoms with Gasteiger partial charge in [0.15, 0.2) is 0 Å². The molecule has 0 amide bonds. The number of rotatable bonds is 6. The third-order valence-electron chi connectivity index (χ3n) is 3.41. The highest BCUT2D eigenvalue weighted by Gasteiger charge is 2.18. The summed E-state index contributed by atoms with van der Waals surface area (Å²) >= 11 is 11.8. The van der Waals surface area contributed by atoms with Crippen LogP contribution in [0.25, 0.3) is 0 Å². The van der Waals surface area contributed by atoms with Crippen LogP contribution in [0, 0.1) is 11.3 Å². The van der Waals surface area contributed by atoms with Gasteiger partial charge in [0.25, 0.3) is 5.88 Å². The third kappa shape index (κ3) is 4.25. The van der Waals surface area contributed by atoms with E-state index < -0.39 is 0 Å². The molecule has 2 rings (SSSR count). The Bertz CT molecular complexity index is 745. The smallest absolute Gasteiger partial charge is 0.252 e. The van der Waals surface area contributed by atoms with Gasteiger partial charge in [-0.15, -0.1) is 0 Å². The average Bonchev–Trinajstić information content (AvgIpc) is 2.95. The minimum atomic E-state index is 0.191. The van der Waals surface area contributed by atoms with Gasteiger partial charge >= 0.3 is 0 Å². The highest BCUT2D eigenvalue weighted by molar-refractivity contribution is 6.42. The second-order valence-electron chi connectivity index (χ2n) is 4.90. The second kappa shape index (κ2) is 8.00. The summed E-state index contributed by atoms with van der Waals surface area (Å²) in [7, 11) is 0. The van der Waals surface area contributed by atoms with Crippen LogP contribution >= 0.6 is 23.2 Å². The summed E-state index contributed by atoms with van der Waals surface area (Å²) < 4.78 is 5.62. The molecule has 0 saturated heterocycles. The van der Waals surface area contributed by atoms with Crippen LogP contribution in [0.4, 0.5) is 5.88 Å². The molecule has 0 radical (unpaired) electrons. The molecule has 0 unspecified atom stereocenters. The average molecular weight is 351 g/mol. The summed E-state index contributed by atoms with van der Waals surface area (Å²) in [4.78, 5) is 4.22. The number of nitrogens with zero attached hydrogens (tertiary/aromatic N) is 3. The van der Waals surface area contributed by atoms with E-state index in [0.29, 0.717) is 15.9 Å². The van der Waals surface area contributed by atoms with Crippen molar-refractivity contribution in [3.63, 3.8) is 0 Å². The molecule has 120 valence electrons. The first-order chi connectivity index (χ1) is 11.1. The fourth-order valence-electron chi connectivity index (χ4n) is 2.06. The molecule has 1 heterocycles. The molecule has 0 aliphatic rings. The van der Waals surface area contributed by atoms with E-state index >= 15 is 0 Å². The summed E-state index contributed by atoms with van der Waals surface area (Å²) in [5.74, 6) is 0.987. The van der Waals surface area contributed by atoms with Crippen LogP contribution in [0.15, 0.2) is 27.7 Å². The molecule has 2 aromatic rings. The fourth-order valence-corrected chi connectivity index (χ4v) is 2.37. The summed E-state index contributed by atoms with van der Waals surface area (Å²) in [5.41, 5.74) is 3.67. The first-order valence-electron chi connectivity index (χ1n) is 7.23. The van der Waals surface area contributed by atoms with Crippen molar-refractivity contribution >= 4 is 35.3 Å². The molecule has 0 bridgehead atoms. The fraction of sp³-hybridized carbons (Fsp3) is 0.312. The van der Waals surface area contributed by atoms with Gasteiger partial charge in [0.05, 0.1) is 16.3 Å². The number of oxazole rings is 1. The predicted octanol–water partition coefficient (Wildman–Crippen LogP) is 5.20. The highest BCUT2D eigenvalue weighted by atomic mass is 35.5. The Hall–Kier alpha value is -2.03. The lowest BCUT2D eigenvalue weighted by atomic mass is 10.0. The normalized spacial score (nSPS) is 11.1. The van der Waals surface area contributed by atoms with E-state index in [1.165, 1.54) is 0 Å². The van der Waals surface area contributed by atoms with Gasteiger partial charge in [0.1, 0.15) is 6.07 Å². The standard InChI is InChI=1S/C16H16Cl2N4O/c1-3-11(4-2)15-21-14(8-19)16(23-15)22-20-9-10-5-6-12(17)13(18)7-10/h5-7,9,11,22H,3-4H2,1-2H3. The molecular formula is C16H16Cl2N4O. The first kappa shape index (κ1) is 17.3. The van der Waals surface area contributed by atoms with Crippen LogP contribution in [0.2, 0.25) is 10.0 Å². The molecule has 1 aromatic carbocycles. The largest absolute Gasteiger partial charge is 0.422 e. The Kier molecular flexibility index (Phi) is 6.03. The molecule has 0 spiro atoms. The van der Waals surface area contributed by atoms with Crippen molar-refractivity contribution in [3.05, 3.63) is 45.4 Å². The highest BCUT2D eigenvalue weighted by Crippen LogP contribution is 2.27. The molecule has 1 N–H and O–H groups in total. The van der Waals surface area contributed by atoms with E-state index in [4.69, 9.17) is 32.9 Å². The monoisotopic (exact) mass is 350 g/mol. The van der Waals surface area contributed by atoms with E-state index in [0.717, 1.165) is 18.4 Å². The molecule has 7 heteroatoms. The van der Waals surface area contributed by atoms with Gasteiger partial charge in [0, 0.05) is 5.92 Å². The Morgan fingerprint density at radius 1 is 1.35 bits per heavy atom. The number of hydrazone groups is 1. The summed E-state index contributed by atoms with van der Waals surface area (Å²) in [6, 6.07) is 7.16. The van der Waals surface area contributed by atoms with E-state index in [-0.39, 0.29) is 17.5 Å². The van der Waals surface area contributed by atoms with Crippen molar-refractivity contribution in [2.24, 2.45) is 5.10 Å². The van der Waals surface area contributed by atoms with Crippen LogP contribution in [-0.4, -0.2) is 11.2 Å². The number of anilines is 1. The van der Waals surface area contributed by atoms with Crippen molar-refractivity contribution in [1.82, 2.24) is 4.98 Å². The number of nitrogens with one attached hydrogen (secondary N) is 1. The van der Waals surface area contributed by atoms with Crippen molar-refractivity contribution in [3.8, 4) is 6.07 Å². The van der Waals surface area contributed by atoms with Crippen LogP contribution in [0.5, 0.6) is 0 Å². The van der Waals surface area contributed by atoms with Crippen molar-refractivity contribution < 1.29 is 4.42 Å². The first-order valence-corrected chi connectivity index (χ1v) is 7.99. The SMILES string of the molecule is CCC(CC)c1nc(C#N)c(NN=Cc2ccc(Cl)c(Cl)c2)o1. The van der Waals surface area contributed by atoms with Gasteiger partial charge in [-0.25, -0.2) is 10.4 Å². The maximum atomic E-state index is 9.15. The second-order valence-corrected chi connectivity index (χ2v) is 5.71. The predicted molar refractivity (Wildman–Crippen MR) is 92.2 cm³/mol. The number of halogens is 2. The van der Waals surface area contributed by atoms with Gasteiger partial charge < -0.3 is 4.42 Å².